The van der Waals surface area contributed by atoms with E-state index in [0.29, 0.717) is 12.2 Å². The molecule has 0 unspecified atom stereocenters. The first-order valence-corrected chi connectivity index (χ1v) is 9.84. The zero-order chi connectivity index (χ0) is 20.8. The fourth-order valence-corrected chi connectivity index (χ4v) is 2.28. The Balaban J connectivity index is -0.000000563. The molecule has 4 N–H and O–H groups in total. The first-order valence-electron chi connectivity index (χ1n) is 8.45. The van der Waals surface area contributed by atoms with Gasteiger partial charge in [0.05, 0.1) is 13.7 Å². The van der Waals surface area contributed by atoms with Crippen molar-refractivity contribution >= 4 is 41.4 Å². The van der Waals surface area contributed by atoms with Crippen molar-refractivity contribution in [2.24, 2.45) is 0 Å². The molecule has 2 atom stereocenters. The molecular weight excluding hydrogens is 376 g/mol. The van der Waals surface area contributed by atoms with E-state index in [4.69, 9.17) is 0 Å². The molecule has 4 amide bonds. The summed E-state index contributed by atoms with van der Waals surface area (Å²) in [5.74, 6) is -1.80. The van der Waals surface area contributed by atoms with Crippen LogP contribution in [0, 0.1) is 0 Å². The lowest BCUT2D eigenvalue weighted by molar-refractivity contribution is -0.141. The van der Waals surface area contributed by atoms with Crippen LogP contribution >= 0.6 is 11.8 Å². The largest absolute Gasteiger partial charge is 0.468 e. The van der Waals surface area contributed by atoms with Crippen molar-refractivity contribution in [3.05, 3.63) is 0 Å². The molecule has 0 aromatic rings. The van der Waals surface area contributed by atoms with Gasteiger partial charge in [-0.3, -0.25) is 24.0 Å². The average molecular weight is 413 g/mol. The second-order valence-corrected chi connectivity index (χ2v) is 6.54. The number of carbonyl (C=O) groups excluding carboxylic acids is 5. The van der Waals surface area contributed by atoms with E-state index in [1.54, 1.807) is 6.92 Å². The Labute approximate surface area is 168 Å². The van der Waals surface area contributed by atoms with Crippen LogP contribution in [0.25, 0.3) is 0 Å². The van der Waals surface area contributed by atoms with Crippen LogP contribution in [0.3, 0.4) is 0 Å². The van der Waals surface area contributed by atoms with Gasteiger partial charge in [-0.2, -0.15) is 11.8 Å². The van der Waals surface area contributed by atoms with Gasteiger partial charge in [0.2, 0.25) is 23.6 Å². The van der Waals surface area contributed by atoms with Crippen LogP contribution in [-0.4, -0.2) is 73.9 Å². The Morgan fingerprint density at radius 2 is 1.67 bits per heavy atom. The molecule has 0 aromatic carbocycles. The van der Waals surface area contributed by atoms with Crippen LogP contribution in [0.1, 0.15) is 32.4 Å². The van der Waals surface area contributed by atoms with E-state index >= 15 is 0 Å². The highest BCUT2D eigenvalue weighted by molar-refractivity contribution is 7.98. The van der Waals surface area contributed by atoms with E-state index in [2.05, 4.69) is 26.0 Å². The quantitative estimate of drug-likeness (QED) is 0.317. The number of esters is 1. The number of hydrogen-bond donors (Lipinski definition) is 4. The Morgan fingerprint density at radius 1 is 1.00 bits per heavy atom. The summed E-state index contributed by atoms with van der Waals surface area (Å²) in [5, 5.41) is 9.77. The topological polar surface area (TPSA) is 143 Å². The molecule has 27 heavy (non-hydrogen) atoms. The number of nitrogens with one attached hydrogen (secondary N) is 4. The van der Waals surface area contributed by atoms with Crippen LogP contribution in [0.15, 0.2) is 0 Å². The number of methoxy groups -OCH3 is 1. The molecule has 0 aliphatic heterocycles. The molecule has 0 fully saturated rings. The molecule has 0 rings (SSSR count). The fourth-order valence-electron chi connectivity index (χ4n) is 1.81. The van der Waals surface area contributed by atoms with Gasteiger partial charge in [0.1, 0.15) is 18.6 Å². The van der Waals surface area contributed by atoms with Crippen molar-refractivity contribution in [3.63, 3.8) is 0 Å². The maximum absolute atomic E-state index is 12.3. The molecule has 0 radical (unpaired) electrons. The first kappa shape index (κ1) is 24.7. The third-order valence-corrected chi connectivity index (χ3v) is 4.06. The summed E-state index contributed by atoms with van der Waals surface area (Å²) in [5.41, 5.74) is 0. The smallest absolute Gasteiger partial charge is 0.325 e. The van der Waals surface area contributed by atoms with Crippen molar-refractivity contribution in [3.8, 4) is 0 Å². The Bertz CT molecular complexity index is 560. The van der Waals surface area contributed by atoms with Gasteiger partial charge in [0.25, 0.3) is 0 Å². The second-order valence-electron chi connectivity index (χ2n) is 5.56. The van der Waals surface area contributed by atoms with Gasteiger partial charge in [-0.05, 0) is 25.4 Å². The summed E-state index contributed by atoms with van der Waals surface area (Å²) in [6.45, 7) is 2.50. The van der Waals surface area contributed by atoms with Gasteiger partial charge < -0.3 is 26.0 Å². The summed E-state index contributed by atoms with van der Waals surface area (Å²) in [6, 6.07) is -1.63. The first-order chi connectivity index (χ1) is 12.7. The summed E-state index contributed by atoms with van der Waals surface area (Å²) >= 11 is 1.54. The SMILES string of the molecule is CCC(=O)N[C@@H](CCSC)C(=O)N[C@@H](C)C(=O)NCC(=O)NCC(=O)OC.[HH].[HH].[HH].[HH]. The third kappa shape index (κ3) is 11.1. The third-order valence-electron chi connectivity index (χ3n) is 3.42. The Kier molecular flexibility index (Phi) is 12.7. The number of rotatable bonds is 12. The highest BCUT2D eigenvalue weighted by atomic mass is 32.2. The molecule has 0 aromatic heterocycles. The van der Waals surface area contributed by atoms with Crippen LogP contribution in [0.2, 0.25) is 0 Å². The van der Waals surface area contributed by atoms with Crippen LogP contribution in [0.5, 0.6) is 0 Å². The molecule has 11 heteroatoms. The second kappa shape index (κ2) is 13.8. The lowest BCUT2D eigenvalue weighted by atomic mass is 10.2. The van der Waals surface area contributed by atoms with Crippen molar-refractivity contribution in [2.45, 2.75) is 38.8 Å². The molecular formula is C16H36N4O6S. The van der Waals surface area contributed by atoms with Gasteiger partial charge in [0, 0.05) is 12.1 Å². The minimum Gasteiger partial charge on any atom is -0.468 e. The van der Waals surface area contributed by atoms with Gasteiger partial charge in [-0.1, -0.05) is 6.92 Å². The van der Waals surface area contributed by atoms with Gasteiger partial charge in [-0.15, -0.1) is 0 Å². The van der Waals surface area contributed by atoms with E-state index in [1.165, 1.54) is 25.8 Å². The van der Waals surface area contributed by atoms with Gasteiger partial charge in [-0.25, -0.2) is 0 Å². The normalized spacial score (nSPS) is 12.3. The van der Waals surface area contributed by atoms with E-state index in [0.717, 1.165) is 0 Å². The maximum Gasteiger partial charge on any atom is 0.325 e. The molecule has 0 aliphatic carbocycles. The van der Waals surface area contributed by atoms with E-state index in [1.807, 2.05) is 6.26 Å². The molecule has 162 valence electrons. The molecule has 0 saturated heterocycles. The number of thioether (sulfide) groups is 1. The molecule has 0 spiro atoms. The van der Waals surface area contributed by atoms with Crippen molar-refractivity contribution in [2.75, 3.05) is 32.2 Å². The minimum absolute atomic E-state index is 0. The predicted molar refractivity (Wildman–Crippen MR) is 109 cm³/mol. The standard InChI is InChI=1S/C16H28N4O6S.4H2/c1-5-12(21)20-11(6-7-27-4)16(25)19-10(2)15(24)18-8-13(22)17-9-14(23)26-3;;;;/h10-11H,5-9H2,1-4H3,(H,17,22)(H,18,24)(H,19,25)(H,20,21);4*1H/t10-,11-;;;;/m0..../s1. The lowest BCUT2D eigenvalue weighted by Crippen LogP contribution is -2.53. The average Bonchev–Trinajstić information content (AvgIpc) is 2.66. The zero-order valence-electron chi connectivity index (χ0n) is 16.0. The molecule has 10 nitrogen and oxygen atoms in total. The van der Waals surface area contributed by atoms with Gasteiger partial charge in [0.15, 0.2) is 0 Å². The van der Waals surface area contributed by atoms with Crippen LogP contribution < -0.4 is 21.3 Å². The number of hydrogen-bond acceptors (Lipinski definition) is 7. The van der Waals surface area contributed by atoms with E-state index < -0.39 is 35.8 Å². The van der Waals surface area contributed by atoms with Crippen LogP contribution in [0.4, 0.5) is 0 Å². The van der Waals surface area contributed by atoms with Crippen molar-refractivity contribution < 1.29 is 34.4 Å². The highest BCUT2D eigenvalue weighted by Gasteiger charge is 2.24. The van der Waals surface area contributed by atoms with E-state index in [9.17, 15) is 24.0 Å². The lowest BCUT2D eigenvalue weighted by Gasteiger charge is -2.20. The molecule has 0 saturated carbocycles. The van der Waals surface area contributed by atoms with Crippen molar-refractivity contribution in [1.82, 2.24) is 21.3 Å². The maximum atomic E-state index is 12.3. The Hall–Kier alpha value is -2.30. The van der Waals surface area contributed by atoms with E-state index in [-0.39, 0.29) is 31.1 Å². The molecule has 0 aliphatic rings. The summed E-state index contributed by atoms with van der Waals surface area (Å²) < 4.78 is 4.37. The molecule has 0 heterocycles. The van der Waals surface area contributed by atoms with Crippen molar-refractivity contribution in [1.29, 1.82) is 0 Å². The summed E-state index contributed by atoms with van der Waals surface area (Å²) in [7, 11) is 1.19. The summed E-state index contributed by atoms with van der Waals surface area (Å²) in [4.78, 5) is 58.3. The molecule has 0 bridgehead atoms. The number of ether oxygens (including phenoxy) is 1. The monoisotopic (exact) mass is 412 g/mol. The summed E-state index contributed by atoms with van der Waals surface area (Å²) in [6.07, 6.45) is 2.57. The number of carbonyl (C=O) groups is 5. The Morgan fingerprint density at radius 3 is 2.22 bits per heavy atom. The fraction of sp³-hybridized carbons (Fsp3) is 0.688. The van der Waals surface area contributed by atoms with Crippen LogP contribution in [-0.2, 0) is 28.7 Å². The highest BCUT2D eigenvalue weighted by Crippen LogP contribution is 2.02. The predicted octanol–water partition coefficient (Wildman–Crippen LogP) is -0.472. The van der Waals surface area contributed by atoms with Gasteiger partial charge >= 0.3 is 5.97 Å². The number of amides is 4. The minimum atomic E-state index is -0.902. The zero-order valence-corrected chi connectivity index (χ0v) is 16.9.